The number of imidazole rings is 1. The van der Waals surface area contributed by atoms with Crippen LogP contribution in [0, 0.1) is 11.6 Å². The number of benzene rings is 1. The van der Waals surface area contributed by atoms with Gasteiger partial charge in [0.25, 0.3) is 0 Å². The van der Waals surface area contributed by atoms with Crippen molar-refractivity contribution in [2.24, 2.45) is 5.16 Å². The number of nitrogens with zero attached hydrogens (tertiary/aromatic N) is 5. The first-order chi connectivity index (χ1) is 19.4. The van der Waals surface area contributed by atoms with Crippen LogP contribution in [0.5, 0.6) is 0 Å². The molecule has 0 spiro atoms. The molecule has 1 amide bonds. The summed E-state index contributed by atoms with van der Waals surface area (Å²) in [7, 11) is 0. The van der Waals surface area contributed by atoms with Gasteiger partial charge in [-0.25, -0.2) is 23.4 Å². The number of amides is 1. The molecular weight excluding hydrogens is 522 g/mol. The number of nitrogens with one attached hydrogen (secondary N) is 1. The number of fused-ring (bicyclic) bond motifs is 2. The van der Waals surface area contributed by atoms with E-state index in [9.17, 15) is 28.7 Å². The summed E-state index contributed by atoms with van der Waals surface area (Å²) < 4.78 is 30.8. The van der Waals surface area contributed by atoms with Crippen LogP contribution in [0.4, 0.5) is 13.6 Å². The van der Waals surface area contributed by atoms with Gasteiger partial charge in [0.2, 0.25) is 0 Å². The van der Waals surface area contributed by atoms with E-state index in [1.807, 2.05) is 0 Å². The molecule has 1 aliphatic carbocycles. The minimum absolute atomic E-state index is 0.0534. The Labute approximate surface area is 226 Å². The van der Waals surface area contributed by atoms with Crippen LogP contribution < -0.4 is 5.69 Å². The highest BCUT2D eigenvalue weighted by Gasteiger charge is 2.43. The number of rotatable bonds is 3. The van der Waals surface area contributed by atoms with Crippen molar-refractivity contribution < 1.29 is 23.9 Å². The molecule has 3 aromatic heterocycles. The SMILES string of the molecule is O=C(O)N1CCC(n2c(=O)[nH]c3ncccc32)CC1[C@H]1CC[C@@H](c2cccc(F)c2F)C(=NO)c2cccnc21. The van der Waals surface area contributed by atoms with Crippen LogP contribution in [0.1, 0.15) is 60.4 Å². The molecule has 2 unspecified atom stereocenters. The lowest BCUT2D eigenvalue weighted by Gasteiger charge is -2.42. The van der Waals surface area contributed by atoms with E-state index in [2.05, 4.69) is 20.1 Å². The van der Waals surface area contributed by atoms with Gasteiger partial charge in [0.15, 0.2) is 17.3 Å². The average Bonchev–Trinajstić information content (AvgIpc) is 3.20. The van der Waals surface area contributed by atoms with Crippen LogP contribution in [-0.2, 0) is 0 Å². The fourth-order valence-electron chi connectivity index (χ4n) is 6.48. The second-order valence-electron chi connectivity index (χ2n) is 10.2. The molecule has 1 saturated heterocycles. The Morgan fingerprint density at radius 2 is 1.85 bits per heavy atom. The monoisotopic (exact) mass is 548 g/mol. The number of hydrogen-bond acceptors (Lipinski definition) is 6. The van der Waals surface area contributed by atoms with Crippen LogP contribution in [0.25, 0.3) is 11.2 Å². The summed E-state index contributed by atoms with van der Waals surface area (Å²) >= 11 is 0. The molecule has 4 atom stereocenters. The highest BCUT2D eigenvalue weighted by molar-refractivity contribution is 6.06. The summed E-state index contributed by atoms with van der Waals surface area (Å²) in [4.78, 5) is 38.3. The van der Waals surface area contributed by atoms with Gasteiger partial charge in [-0.15, -0.1) is 0 Å². The summed E-state index contributed by atoms with van der Waals surface area (Å²) in [6.07, 6.45) is 3.42. The van der Waals surface area contributed by atoms with Gasteiger partial charge in [0, 0.05) is 54.0 Å². The smallest absolute Gasteiger partial charge is 0.407 e. The van der Waals surface area contributed by atoms with Crippen LogP contribution in [-0.4, -0.2) is 59.1 Å². The topological polar surface area (TPSA) is 137 Å². The number of hydrogen-bond donors (Lipinski definition) is 3. The van der Waals surface area contributed by atoms with E-state index >= 15 is 0 Å². The summed E-state index contributed by atoms with van der Waals surface area (Å²) in [6.45, 7) is 0.186. The quantitative estimate of drug-likeness (QED) is 0.194. The Balaban J connectivity index is 1.44. The highest BCUT2D eigenvalue weighted by Crippen LogP contribution is 2.44. The molecule has 4 aromatic rings. The number of pyridine rings is 2. The first-order valence-electron chi connectivity index (χ1n) is 13.0. The summed E-state index contributed by atoms with van der Waals surface area (Å²) in [5.41, 5.74) is 1.92. The van der Waals surface area contributed by atoms with Crippen LogP contribution >= 0.6 is 0 Å². The zero-order valence-electron chi connectivity index (χ0n) is 21.2. The number of H-pyrrole nitrogens is 1. The molecule has 1 aliphatic heterocycles. The van der Waals surface area contributed by atoms with E-state index < -0.39 is 35.6 Å². The fourth-order valence-corrected chi connectivity index (χ4v) is 6.48. The Morgan fingerprint density at radius 3 is 2.65 bits per heavy atom. The summed E-state index contributed by atoms with van der Waals surface area (Å²) in [5.74, 6) is -3.27. The van der Waals surface area contributed by atoms with E-state index in [0.29, 0.717) is 41.7 Å². The third kappa shape index (κ3) is 4.19. The molecule has 1 aromatic carbocycles. The molecule has 6 rings (SSSR count). The maximum Gasteiger partial charge on any atom is 0.407 e. The van der Waals surface area contributed by atoms with Gasteiger partial charge in [-0.3, -0.25) is 14.5 Å². The van der Waals surface area contributed by atoms with Crippen molar-refractivity contribution in [1.82, 2.24) is 24.4 Å². The van der Waals surface area contributed by atoms with Gasteiger partial charge in [-0.2, -0.15) is 0 Å². The Morgan fingerprint density at radius 1 is 1.05 bits per heavy atom. The first kappa shape index (κ1) is 25.7. The fraction of sp³-hybridized carbons (Fsp3) is 0.321. The molecule has 3 N–H and O–H groups in total. The largest absolute Gasteiger partial charge is 0.465 e. The van der Waals surface area contributed by atoms with Gasteiger partial charge >= 0.3 is 11.8 Å². The van der Waals surface area contributed by atoms with Crippen molar-refractivity contribution >= 4 is 23.0 Å². The van der Waals surface area contributed by atoms with Crippen LogP contribution in [0.3, 0.4) is 0 Å². The predicted octanol–water partition coefficient (Wildman–Crippen LogP) is 4.62. The zero-order valence-corrected chi connectivity index (χ0v) is 21.2. The lowest BCUT2D eigenvalue weighted by Crippen LogP contribution is -2.49. The van der Waals surface area contributed by atoms with Crippen molar-refractivity contribution in [2.45, 2.75) is 49.6 Å². The van der Waals surface area contributed by atoms with Crippen molar-refractivity contribution in [2.75, 3.05) is 6.54 Å². The number of oxime groups is 1. The van der Waals surface area contributed by atoms with Gasteiger partial charge in [0.1, 0.15) is 0 Å². The second kappa shape index (κ2) is 10.2. The number of halogens is 2. The zero-order chi connectivity index (χ0) is 28.0. The maximum atomic E-state index is 14.9. The van der Waals surface area contributed by atoms with Crippen LogP contribution in [0.2, 0.25) is 0 Å². The molecule has 0 radical (unpaired) electrons. The lowest BCUT2D eigenvalue weighted by molar-refractivity contribution is 0.0779. The van der Waals surface area contributed by atoms with Gasteiger partial charge in [-0.05, 0) is 56.0 Å². The molecule has 4 heterocycles. The van der Waals surface area contributed by atoms with E-state index in [4.69, 9.17) is 0 Å². The number of likely N-dealkylation sites (tertiary alicyclic amines) is 1. The van der Waals surface area contributed by atoms with E-state index in [0.717, 1.165) is 6.07 Å². The Bertz CT molecular complexity index is 1680. The molecule has 1 fully saturated rings. The Hall–Kier alpha value is -4.61. The second-order valence-corrected chi connectivity index (χ2v) is 10.2. The van der Waals surface area contributed by atoms with Crippen molar-refractivity contribution in [1.29, 1.82) is 0 Å². The number of aromatic nitrogens is 4. The molecule has 2 aliphatic rings. The van der Waals surface area contributed by atoms with E-state index in [1.54, 1.807) is 41.2 Å². The Kier molecular flexibility index (Phi) is 6.53. The molecule has 206 valence electrons. The molecule has 40 heavy (non-hydrogen) atoms. The normalized spacial score (nSPS) is 24.1. The van der Waals surface area contributed by atoms with Gasteiger partial charge in [0.05, 0.1) is 16.9 Å². The number of carbonyl (C=O) groups is 1. The lowest BCUT2D eigenvalue weighted by atomic mass is 9.82. The molecular formula is C28H26F2N6O4. The minimum atomic E-state index is -1.10. The maximum absolute atomic E-state index is 14.9. The van der Waals surface area contributed by atoms with E-state index in [-0.39, 0.29) is 36.0 Å². The molecule has 10 nitrogen and oxygen atoms in total. The molecule has 12 heteroatoms. The van der Waals surface area contributed by atoms with Gasteiger partial charge < -0.3 is 15.2 Å². The summed E-state index contributed by atoms with van der Waals surface area (Å²) in [5, 5.41) is 23.8. The average molecular weight is 549 g/mol. The van der Waals surface area contributed by atoms with Crippen molar-refractivity contribution in [3.8, 4) is 0 Å². The van der Waals surface area contributed by atoms with Gasteiger partial charge in [-0.1, -0.05) is 17.3 Å². The minimum Gasteiger partial charge on any atom is -0.465 e. The predicted molar refractivity (Wildman–Crippen MR) is 141 cm³/mol. The van der Waals surface area contributed by atoms with Crippen molar-refractivity contribution in [3.05, 3.63) is 93.8 Å². The number of piperidine rings is 1. The number of carboxylic acid groups (broad SMARTS) is 1. The third-order valence-corrected chi connectivity index (χ3v) is 8.21. The molecule has 0 bridgehead atoms. The first-order valence-corrected chi connectivity index (χ1v) is 13.0. The number of aromatic amines is 1. The molecule has 0 saturated carbocycles. The highest BCUT2D eigenvalue weighted by atomic mass is 19.2. The van der Waals surface area contributed by atoms with E-state index in [1.165, 1.54) is 17.0 Å². The van der Waals surface area contributed by atoms with Crippen molar-refractivity contribution in [3.63, 3.8) is 0 Å². The third-order valence-electron chi connectivity index (χ3n) is 8.21. The standard InChI is InChI=1S/C28H26F2N6O4/c29-20-6-1-4-16(23(20)30)17-8-9-18(24-19(25(17)34-40)5-2-11-31-24)22-14-15(10-13-35(22)28(38)39)36-21-7-3-12-32-26(21)33-27(36)37/h1-7,11-12,15,17-18,22,40H,8-10,13-14H2,(H,38,39)(H,32,33,37)/t15?,17-,18+,22?/m0/s1. The summed E-state index contributed by atoms with van der Waals surface area (Å²) in [6, 6.07) is 9.87. The van der Waals surface area contributed by atoms with Crippen LogP contribution in [0.15, 0.2) is 64.8 Å².